The van der Waals surface area contributed by atoms with Crippen molar-refractivity contribution in [3.05, 3.63) is 12.2 Å². The van der Waals surface area contributed by atoms with E-state index in [1.54, 1.807) is 0 Å². The summed E-state index contributed by atoms with van der Waals surface area (Å²) in [5, 5.41) is 13.9. The van der Waals surface area contributed by atoms with Gasteiger partial charge in [0.25, 0.3) is 0 Å². The Morgan fingerprint density at radius 3 is 2.41 bits per heavy atom. The molecule has 0 aliphatic heterocycles. The highest BCUT2D eigenvalue weighted by molar-refractivity contribution is 5.86. The molecule has 2 aliphatic rings. The van der Waals surface area contributed by atoms with Gasteiger partial charge in [0, 0.05) is 18.4 Å². The molecule has 17 heavy (non-hydrogen) atoms. The van der Waals surface area contributed by atoms with Crippen LogP contribution in [0.15, 0.2) is 12.2 Å². The predicted octanol–water partition coefficient (Wildman–Crippen LogP) is -0.0532. The fourth-order valence-electron chi connectivity index (χ4n) is 2.92. The Morgan fingerprint density at radius 1 is 1.29 bits per heavy atom. The first-order valence-electron chi connectivity index (χ1n) is 6.17. The molecule has 1 fully saturated rings. The molecule has 94 valence electrons. The van der Waals surface area contributed by atoms with Gasteiger partial charge in [0.15, 0.2) is 0 Å². The second kappa shape index (κ2) is 4.51. The Labute approximate surface area is 101 Å². The minimum atomic E-state index is -1.09. The number of nitrogens with one attached hydrogen (secondary N) is 1. The Hall–Kier alpha value is -1.32. The molecule has 0 unspecified atom stereocenters. The molecule has 1 saturated carbocycles. The first-order valence-corrected chi connectivity index (χ1v) is 6.17. The van der Waals surface area contributed by atoms with Crippen LogP contribution in [-0.2, 0) is 9.59 Å². The summed E-state index contributed by atoms with van der Waals surface area (Å²) in [6.45, 7) is 4.62. The van der Waals surface area contributed by atoms with E-state index in [0.29, 0.717) is 12.5 Å². The molecule has 2 aliphatic carbocycles. The second-order valence-corrected chi connectivity index (χ2v) is 5.46. The quantitative estimate of drug-likeness (QED) is 0.696. The highest BCUT2D eigenvalue weighted by atomic mass is 16.4. The van der Waals surface area contributed by atoms with Gasteiger partial charge in [-0.1, -0.05) is 26.0 Å². The Balaban J connectivity index is 2.06. The van der Waals surface area contributed by atoms with Crippen molar-refractivity contribution in [3.8, 4) is 0 Å². The number of carbonyl (C=O) groups excluding carboxylic acids is 2. The maximum atomic E-state index is 12.0. The monoisotopic (exact) mass is 236 g/mol. The zero-order valence-corrected chi connectivity index (χ0v) is 10.2. The number of aliphatic carboxylic acids is 1. The van der Waals surface area contributed by atoms with Crippen molar-refractivity contribution < 1.29 is 14.7 Å². The molecule has 2 bridgehead atoms. The third kappa shape index (κ3) is 2.21. The van der Waals surface area contributed by atoms with Gasteiger partial charge >= 0.3 is 0 Å². The van der Waals surface area contributed by atoms with Gasteiger partial charge in [0.2, 0.25) is 5.91 Å². The molecule has 0 aromatic carbocycles. The number of hydrogen-bond acceptors (Lipinski definition) is 3. The van der Waals surface area contributed by atoms with Gasteiger partial charge in [-0.15, -0.1) is 0 Å². The maximum absolute atomic E-state index is 12.0. The zero-order valence-electron chi connectivity index (χ0n) is 10.2. The van der Waals surface area contributed by atoms with Crippen LogP contribution in [0.2, 0.25) is 0 Å². The van der Waals surface area contributed by atoms with Crippen molar-refractivity contribution in [1.82, 2.24) is 5.32 Å². The van der Waals surface area contributed by atoms with Gasteiger partial charge in [-0.25, -0.2) is 0 Å². The number of amides is 1. The molecule has 0 radical (unpaired) electrons. The molecule has 1 amide bonds. The van der Waals surface area contributed by atoms with E-state index in [1.165, 1.54) is 0 Å². The van der Waals surface area contributed by atoms with Crippen LogP contribution < -0.4 is 10.4 Å². The number of carboxylic acids is 1. The molecule has 0 aromatic heterocycles. The fourth-order valence-corrected chi connectivity index (χ4v) is 2.92. The summed E-state index contributed by atoms with van der Waals surface area (Å²) in [6.07, 6.45) is 4.67. The van der Waals surface area contributed by atoms with Crippen molar-refractivity contribution in [2.24, 2.45) is 29.6 Å². The topological polar surface area (TPSA) is 69.2 Å². The summed E-state index contributed by atoms with van der Waals surface area (Å²) in [5.41, 5.74) is 0. The minimum Gasteiger partial charge on any atom is -0.550 e. The SMILES string of the molecule is CC(C)CNC(=O)[C@@H]1[C@@H](C(=O)[O-])[C@H]2C=C[C@@H]1C2. The average molecular weight is 236 g/mol. The summed E-state index contributed by atoms with van der Waals surface area (Å²) in [4.78, 5) is 23.1. The zero-order chi connectivity index (χ0) is 12.6. The maximum Gasteiger partial charge on any atom is 0.224 e. The summed E-state index contributed by atoms with van der Waals surface area (Å²) < 4.78 is 0. The number of rotatable bonds is 4. The van der Waals surface area contributed by atoms with Gasteiger partial charge < -0.3 is 15.2 Å². The number of allylic oxidation sites excluding steroid dienone is 2. The normalized spacial score (nSPS) is 34.3. The first-order chi connectivity index (χ1) is 8.00. The number of hydrogen-bond donors (Lipinski definition) is 1. The third-order valence-electron chi connectivity index (χ3n) is 3.72. The van der Waals surface area contributed by atoms with E-state index in [2.05, 4.69) is 5.32 Å². The highest BCUT2D eigenvalue weighted by Gasteiger charge is 2.48. The Morgan fingerprint density at radius 2 is 1.88 bits per heavy atom. The molecular weight excluding hydrogens is 218 g/mol. The Bertz CT molecular complexity index is 362. The van der Waals surface area contributed by atoms with Crippen LogP contribution in [0.5, 0.6) is 0 Å². The largest absolute Gasteiger partial charge is 0.550 e. The van der Waals surface area contributed by atoms with Crippen molar-refractivity contribution in [2.75, 3.05) is 6.54 Å². The van der Waals surface area contributed by atoms with E-state index < -0.39 is 17.8 Å². The molecule has 4 heteroatoms. The number of fused-ring (bicyclic) bond motifs is 2. The third-order valence-corrected chi connectivity index (χ3v) is 3.72. The van der Waals surface area contributed by atoms with Gasteiger partial charge in [-0.05, 0) is 24.2 Å². The smallest absolute Gasteiger partial charge is 0.224 e. The van der Waals surface area contributed by atoms with Crippen molar-refractivity contribution >= 4 is 11.9 Å². The van der Waals surface area contributed by atoms with E-state index in [4.69, 9.17) is 0 Å². The standard InChI is InChI=1S/C13H19NO3/c1-7(2)6-14-12(15)10-8-3-4-9(5-8)11(10)13(16)17/h3-4,7-11H,5-6H2,1-2H3,(H,14,15)(H,16,17)/p-1/t8-,9+,10+,11+/m1/s1. The van der Waals surface area contributed by atoms with E-state index in [9.17, 15) is 14.7 Å². The average Bonchev–Trinajstić information content (AvgIpc) is 2.84. The van der Waals surface area contributed by atoms with Crippen LogP contribution in [0.1, 0.15) is 20.3 Å². The lowest BCUT2D eigenvalue weighted by Gasteiger charge is -2.28. The van der Waals surface area contributed by atoms with Gasteiger partial charge in [0.05, 0.1) is 5.92 Å². The summed E-state index contributed by atoms with van der Waals surface area (Å²) in [6, 6.07) is 0. The molecule has 0 aromatic rings. The van der Waals surface area contributed by atoms with Crippen molar-refractivity contribution in [1.29, 1.82) is 0 Å². The van der Waals surface area contributed by atoms with E-state index in [-0.39, 0.29) is 17.7 Å². The number of carbonyl (C=O) groups is 2. The van der Waals surface area contributed by atoms with Crippen LogP contribution in [-0.4, -0.2) is 18.4 Å². The molecule has 0 heterocycles. The van der Waals surface area contributed by atoms with Crippen LogP contribution in [0.4, 0.5) is 0 Å². The summed E-state index contributed by atoms with van der Waals surface area (Å²) >= 11 is 0. The fraction of sp³-hybridized carbons (Fsp3) is 0.692. The molecule has 2 rings (SSSR count). The van der Waals surface area contributed by atoms with Gasteiger partial charge in [-0.3, -0.25) is 4.79 Å². The predicted molar refractivity (Wildman–Crippen MR) is 60.6 cm³/mol. The molecule has 0 spiro atoms. The summed E-state index contributed by atoms with van der Waals surface area (Å²) in [5.74, 6) is -1.87. The number of carboxylic acid groups (broad SMARTS) is 1. The summed E-state index contributed by atoms with van der Waals surface area (Å²) in [7, 11) is 0. The first kappa shape index (κ1) is 12.1. The van der Waals surface area contributed by atoms with Gasteiger partial charge in [-0.2, -0.15) is 0 Å². The molecule has 4 atom stereocenters. The highest BCUT2D eigenvalue weighted by Crippen LogP contribution is 2.47. The van der Waals surface area contributed by atoms with Crippen LogP contribution in [0, 0.1) is 29.6 Å². The lowest BCUT2D eigenvalue weighted by Crippen LogP contribution is -2.45. The Kier molecular flexibility index (Phi) is 3.22. The van der Waals surface area contributed by atoms with E-state index in [0.717, 1.165) is 6.42 Å². The van der Waals surface area contributed by atoms with Gasteiger partial charge in [0.1, 0.15) is 0 Å². The van der Waals surface area contributed by atoms with Crippen LogP contribution in [0.3, 0.4) is 0 Å². The lowest BCUT2D eigenvalue weighted by atomic mass is 9.82. The van der Waals surface area contributed by atoms with Crippen LogP contribution >= 0.6 is 0 Å². The van der Waals surface area contributed by atoms with E-state index in [1.807, 2.05) is 26.0 Å². The molecule has 4 nitrogen and oxygen atoms in total. The lowest BCUT2D eigenvalue weighted by molar-refractivity contribution is -0.313. The molecular formula is C13H18NO3-. The molecule has 0 saturated heterocycles. The second-order valence-electron chi connectivity index (χ2n) is 5.46. The van der Waals surface area contributed by atoms with E-state index >= 15 is 0 Å². The van der Waals surface area contributed by atoms with Crippen molar-refractivity contribution in [3.63, 3.8) is 0 Å². The minimum absolute atomic E-state index is 0.0141. The van der Waals surface area contributed by atoms with Crippen molar-refractivity contribution in [2.45, 2.75) is 20.3 Å². The molecule has 1 N–H and O–H groups in total. The van der Waals surface area contributed by atoms with Crippen LogP contribution in [0.25, 0.3) is 0 Å².